The van der Waals surface area contributed by atoms with Crippen molar-refractivity contribution in [2.24, 2.45) is 5.92 Å². The van der Waals surface area contributed by atoms with Crippen molar-refractivity contribution in [3.05, 3.63) is 23.1 Å². The molecule has 140 valence electrons. The first-order valence-corrected chi connectivity index (χ1v) is 8.29. The second-order valence-electron chi connectivity index (χ2n) is 6.11. The highest BCUT2D eigenvalue weighted by Gasteiger charge is 2.46. The molecule has 1 rings (SSSR count). The van der Waals surface area contributed by atoms with E-state index in [2.05, 4.69) is 5.32 Å². The Morgan fingerprint density at radius 2 is 2.00 bits per heavy atom. The number of carbonyl (C=O) groups is 3. The van der Waals surface area contributed by atoms with Gasteiger partial charge in [-0.3, -0.25) is 14.4 Å². The molecular weight excluding hydrogens is 326 g/mol. The van der Waals surface area contributed by atoms with E-state index in [4.69, 9.17) is 14.2 Å². The van der Waals surface area contributed by atoms with Gasteiger partial charge in [-0.25, -0.2) is 0 Å². The van der Waals surface area contributed by atoms with Crippen LogP contribution in [0.2, 0.25) is 0 Å². The fourth-order valence-corrected chi connectivity index (χ4v) is 2.35. The van der Waals surface area contributed by atoms with Crippen LogP contribution in [0.3, 0.4) is 0 Å². The van der Waals surface area contributed by atoms with Crippen molar-refractivity contribution in [2.45, 2.75) is 46.6 Å². The minimum absolute atomic E-state index is 0.126. The lowest BCUT2D eigenvalue weighted by molar-refractivity contribution is -0.165. The number of methoxy groups -OCH3 is 1. The van der Waals surface area contributed by atoms with E-state index in [1.807, 2.05) is 6.92 Å². The summed E-state index contributed by atoms with van der Waals surface area (Å²) in [7, 11) is 1.47. The van der Waals surface area contributed by atoms with Crippen molar-refractivity contribution in [1.82, 2.24) is 5.32 Å². The van der Waals surface area contributed by atoms with Crippen molar-refractivity contribution < 1.29 is 28.6 Å². The predicted octanol–water partition coefficient (Wildman–Crippen LogP) is 1.87. The average Bonchev–Trinajstić information content (AvgIpc) is 2.57. The monoisotopic (exact) mass is 353 g/mol. The zero-order chi connectivity index (χ0) is 19.2. The Balaban J connectivity index is 3.07. The number of esters is 2. The molecular formula is C18H27NO6. The van der Waals surface area contributed by atoms with Crippen LogP contribution in [0.5, 0.6) is 0 Å². The number of hydrogen-bond acceptors (Lipinski definition) is 7. The van der Waals surface area contributed by atoms with Crippen LogP contribution in [-0.2, 0) is 28.6 Å². The molecule has 0 radical (unpaired) electrons. The summed E-state index contributed by atoms with van der Waals surface area (Å²) < 4.78 is 15.7. The Kier molecular flexibility index (Phi) is 7.21. The fourth-order valence-electron chi connectivity index (χ4n) is 2.35. The SMILES string of the molecule is CC[C@H](C)C(=O)O[C@@]1(C)C(=O)C(C)=C(OC)C=C1NCCOC(C)=O. The minimum atomic E-state index is -1.47. The Morgan fingerprint density at radius 3 is 2.52 bits per heavy atom. The van der Waals surface area contributed by atoms with E-state index in [0.717, 1.165) is 0 Å². The van der Waals surface area contributed by atoms with Gasteiger partial charge < -0.3 is 19.5 Å². The first-order valence-electron chi connectivity index (χ1n) is 8.29. The standard InChI is InChI=1S/C18H27NO6/c1-7-11(2)17(22)25-18(5)15(19-8-9-24-13(4)20)10-14(23-6)12(3)16(18)21/h10-11,19H,7-9H2,1-6H3/t11-,18+/m0/s1. The summed E-state index contributed by atoms with van der Waals surface area (Å²) in [5.41, 5.74) is -0.695. The molecule has 0 bridgehead atoms. The number of hydrogen-bond donors (Lipinski definition) is 1. The summed E-state index contributed by atoms with van der Waals surface area (Å²) in [5, 5.41) is 3.02. The van der Waals surface area contributed by atoms with Crippen molar-refractivity contribution in [2.75, 3.05) is 20.3 Å². The van der Waals surface area contributed by atoms with E-state index in [1.165, 1.54) is 14.0 Å². The molecule has 2 atom stereocenters. The second kappa shape index (κ2) is 8.69. The molecule has 0 fully saturated rings. The average molecular weight is 353 g/mol. The van der Waals surface area contributed by atoms with Gasteiger partial charge in [0.15, 0.2) is 0 Å². The number of carbonyl (C=O) groups excluding carboxylic acids is 3. The van der Waals surface area contributed by atoms with E-state index >= 15 is 0 Å². The molecule has 0 aromatic rings. The lowest BCUT2D eigenvalue weighted by atomic mass is 9.86. The number of allylic oxidation sites excluding steroid dienone is 1. The first-order chi connectivity index (χ1) is 11.7. The van der Waals surface area contributed by atoms with E-state index in [-0.39, 0.29) is 24.9 Å². The quantitative estimate of drug-likeness (QED) is 0.526. The maximum atomic E-state index is 12.8. The predicted molar refractivity (Wildman–Crippen MR) is 91.4 cm³/mol. The molecule has 1 N–H and O–H groups in total. The highest BCUT2D eigenvalue weighted by molar-refractivity contribution is 6.06. The smallest absolute Gasteiger partial charge is 0.310 e. The van der Waals surface area contributed by atoms with Gasteiger partial charge in [-0.05, 0) is 20.3 Å². The highest BCUT2D eigenvalue weighted by Crippen LogP contribution is 2.32. The van der Waals surface area contributed by atoms with Crippen LogP contribution < -0.4 is 5.32 Å². The highest BCUT2D eigenvalue weighted by atomic mass is 16.6. The summed E-state index contributed by atoms with van der Waals surface area (Å²) in [4.78, 5) is 36.0. The number of nitrogens with one attached hydrogen (secondary N) is 1. The first kappa shape index (κ1) is 20.7. The molecule has 0 saturated carbocycles. The van der Waals surface area contributed by atoms with Crippen LogP contribution >= 0.6 is 0 Å². The van der Waals surface area contributed by atoms with Gasteiger partial charge in [0.1, 0.15) is 12.4 Å². The Morgan fingerprint density at radius 1 is 1.36 bits per heavy atom. The van der Waals surface area contributed by atoms with Crippen LogP contribution in [0.15, 0.2) is 23.1 Å². The third-order valence-corrected chi connectivity index (χ3v) is 4.20. The van der Waals surface area contributed by atoms with Crippen molar-refractivity contribution >= 4 is 17.7 Å². The van der Waals surface area contributed by atoms with Crippen LogP contribution in [0.4, 0.5) is 0 Å². The van der Waals surface area contributed by atoms with Gasteiger partial charge in [0.2, 0.25) is 11.4 Å². The third-order valence-electron chi connectivity index (χ3n) is 4.20. The molecule has 0 unspecified atom stereocenters. The fraction of sp³-hybridized carbons (Fsp3) is 0.611. The summed E-state index contributed by atoms with van der Waals surface area (Å²) in [6.07, 6.45) is 2.24. The van der Waals surface area contributed by atoms with E-state index < -0.39 is 17.5 Å². The van der Waals surface area contributed by atoms with E-state index in [1.54, 1.807) is 26.8 Å². The van der Waals surface area contributed by atoms with Gasteiger partial charge in [-0.1, -0.05) is 13.8 Å². The van der Waals surface area contributed by atoms with E-state index in [9.17, 15) is 14.4 Å². The second-order valence-corrected chi connectivity index (χ2v) is 6.11. The Hall–Kier alpha value is -2.31. The molecule has 0 amide bonds. The normalized spacial score (nSPS) is 21.4. The lowest BCUT2D eigenvalue weighted by Gasteiger charge is -2.35. The molecule has 0 heterocycles. The molecule has 25 heavy (non-hydrogen) atoms. The summed E-state index contributed by atoms with van der Waals surface area (Å²) in [6, 6.07) is 0. The molecule has 0 aromatic heterocycles. The molecule has 1 aliphatic carbocycles. The number of Topliss-reactive ketones (excluding diaryl/α,β-unsaturated/α-hetero) is 1. The largest absolute Gasteiger partial charge is 0.496 e. The van der Waals surface area contributed by atoms with Gasteiger partial charge in [-0.15, -0.1) is 0 Å². The maximum absolute atomic E-state index is 12.8. The maximum Gasteiger partial charge on any atom is 0.310 e. The molecule has 0 saturated heterocycles. The zero-order valence-corrected chi connectivity index (χ0v) is 15.7. The molecule has 0 spiro atoms. The van der Waals surface area contributed by atoms with Gasteiger partial charge in [0.05, 0.1) is 18.7 Å². The van der Waals surface area contributed by atoms with Crippen molar-refractivity contribution in [1.29, 1.82) is 0 Å². The molecule has 7 heteroatoms. The lowest BCUT2D eigenvalue weighted by Crippen LogP contribution is -2.50. The molecule has 1 aliphatic rings. The molecule has 0 aromatic carbocycles. The number of ketones is 1. The van der Waals surface area contributed by atoms with Crippen molar-refractivity contribution in [3.63, 3.8) is 0 Å². The van der Waals surface area contributed by atoms with Gasteiger partial charge in [0.25, 0.3) is 0 Å². The number of rotatable bonds is 8. The Bertz CT molecular complexity index is 607. The van der Waals surface area contributed by atoms with Crippen LogP contribution in [0.25, 0.3) is 0 Å². The third kappa shape index (κ3) is 4.84. The zero-order valence-electron chi connectivity index (χ0n) is 15.7. The Labute approximate surface area is 148 Å². The number of ether oxygens (including phenoxy) is 3. The van der Waals surface area contributed by atoms with Crippen LogP contribution in [-0.4, -0.2) is 43.6 Å². The van der Waals surface area contributed by atoms with Gasteiger partial charge in [-0.2, -0.15) is 0 Å². The minimum Gasteiger partial charge on any atom is -0.496 e. The van der Waals surface area contributed by atoms with Gasteiger partial charge in [0, 0.05) is 25.1 Å². The summed E-state index contributed by atoms with van der Waals surface area (Å²) in [6.45, 7) is 8.51. The van der Waals surface area contributed by atoms with Crippen molar-refractivity contribution in [3.8, 4) is 0 Å². The van der Waals surface area contributed by atoms with Gasteiger partial charge >= 0.3 is 11.9 Å². The van der Waals surface area contributed by atoms with Crippen LogP contribution in [0, 0.1) is 5.92 Å². The molecule has 7 nitrogen and oxygen atoms in total. The van der Waals surface area contributed by atoms with Crippen LogP contribution in [0.1, 0.15) is 41.0 Å². The van der Waals surface area contributed by atoms with E-state index in [0.29, 0.717) is 23.5 Å². The summed E-state index contributed by atoms with van der Waals surface area (Å²) >= 11 is 0. The summed E-state index contributed by atoms with van der Waals surface area (Å²) in [5.74, 6) is -1.11. The molecule has 0 aliphatic heterocycles. The topological polar surface area (TPSA) is 90.9 Å².